The van der Waals surface area contributed by atoms with Gasteiger partial charge in [-0.25, -0.2) is 9.78 Å². The highest BCUT2D eigenvalue weighted by atomic mass is 32.1. The fraction of sp³-hybridized carbons (Fsp3) is 0.278. The van der Waals surface area contributed by atoms with Crippen molar-refractivity contribution in [1.29, 1.82) is 0 Å². The molecule has 0 spiro atoms. The van der Waals surface area contributed by atoms with Crippen molar-refractivity contribution in [3.63, 3.8) is 0 Å². The number of amides is 1. The Morgan fingerprint density at radius 2 is 2.12 bits per heavy atom. The van der Waals surface area contributed by atoms with E-state index in [0.717, 1.165) is 21.6 Å². The zero-order chi connectivity index (χ0) is 17.8. The third-order valence-electron chi connectivity index (χ3n) is 3.79. The van der Waals surface area contributed by atoms with Crippen LogP contribution >= 0.6 is 11.3 Å². The Labute approximate surface area is 148 Å². The smallest absolute Gasteiger partial charge is 0.339 e. The van der Waals surface area contributed by atoms with Crippen LogP contribution in [0.5, 0.6) is 0 Å². The van der Waals surface area contributed by atoms with E-state index in [1.165, 1.54) is 6.07 Å². The number of thiazole rings is 1. The van der Waals surface area contributed by atoms with Crippen LogP contribution in [0.3, 0.4) is 0 Å². The SMILES string of the molecule is Cc1oc(CNC(=O)CCCc2nc3ccccc3s2)cc1C(=O)O. The Morgan fingerprint density at radius 1 is 1.32 bits per heavy atom. The fourth-order valence-electron chi connectivity index (χ4n) is 2.54. The zero-order valence-electron chi connectivity index (χ0n) is 13.7. The van der Waals surface area contributed by atoms with Crippen LogP contribution in [-0.4, -0.2) is 22.0 Å². The normalized spacial score (nSPS) is 10.9. The average Bonchev–Trinajstić information content (AvgIpc) is 3.15. The number of benzene rings is 1. The third kappa shape index (κ3) is 4.24. The first-order chi connectivity index (χ1) is 12.0. The van der Waals surface area contributed by atoms with Crippen LogP contribution in [0.4, 0.5) is 0 Å². The van der Waals surface area contributed by atoms with Gasteiger partial charge in [-0.05, 0) is 38.0 Å². The summed E-state index contributed by atoms with van der Waals surface area (Å²) in [4.78, 5) is 27.4. The van der Waals surface area contributed by atoms with Crippen LogP contribution in [0.2, 0.25) is 0 Å². The predicted octanol–water partition coefficient (Wildman–Crippen LogP) is 3.54. The minimum Gasteiger partial charge on any atom is -0.478 e. The van der Waals surface area contributed by atoms with Crippen LogP contribution in [0.15, 0.2) is 34.7 Å². The molecule has 0 bridgehead atoms. The summed E-state index contributed by atoms with van der Waals surface area (Å²) < 4.78 is 6.49. The number of carbonyl (C=O) groups excluding carboxylic acids is 1. The number of rotatable bonds is 7. The molecule has 3 rings (SSSR count). The number of nitrogens with zero attached hydrogens (tertiary/aromatic N) is 1. The number of aromatic carboxylic acids is 1. The lowest BCUT2D eigenvalue weighted by molar-refractivity contribution is -0.121. The Hall–Kier alpha value is -2.67. The number of hydrogen-bond acceptors (Lipinski definition) is 5. The molecule has 1 amide bonds. The minimum atomic E-state index is -1.03. The van der Waals surface area contributed by atoms with Crippen molar-refractivity contribution < 1.29 is 19.1 Å². The summed E-state index contributed by atoms with van der Waals surface area (Å²) in [6.07, 6.45) is 1.86. The predicted molar refractivity (Wildman–Crippen MR) is 94.8 cm³/mol. The topological polar surface area (TPSA) is 92.4 Å². The van der Waals surface area contributed by atoms with Gasteiger partial charge in [0.2, 0.25) is 5.91 Å². The first-order valence-electron chi connectivity index (χ1n) is 7.96. The van der Waals surface area contributed by atoms with Crippen molar-refractivity contribution in [2.75, 3.05) is 0 Å². The highest BCUT2D eigenvalue weighted by molar-refractivity contribution is 7.18. The van der Waals surface area contributed by atoms with E-state index in [1.54, 1.807) is 18.3 Å². The highest BCUT2D eigenvalue weighted by Gasteiger charge is 2.14. The quantitative estimate of drug-likeness (QED) is 0.674. The number of nitrogens with one attached hydrogen (secondary N) is 1. The summed E-state index contributed by atoms with van der Waals surface area (Å²) in [5.74, 6) is -0.344. The van der Waals surface area contributed by atoms with Crippen molar-refractivity contribution in [3.8, 4) is 0 Å². The molecule has 0 radical (unpaired) electrons. The summed E-state index contributed by atoms with van der Waals surface area (Å²) in [6.45, 7) is 1.78. The van der Waals surface area contributed by atoms with Crippen molar-refractivity contribution >= 4 is 33.4 Å². The zero-order valence-corrected chi connectivity index (χ0v) is 14.6. The summed E-state index contributed by atoms with van der Waals surface area (Å²) in [6, 6.07) is 9.42. The standard InChI is InChI=1S/C18H18N2O4S/c1-11-13(18(22)23)9-12(24-11)10-19-16(21)7-4-8-17-20-14-5-2-3-6-15(14)25-17/h2-3,5-6,9H,4,7-8,10H2,1H3,(H,19,21)(H,22,23). The van der Waals surface area contributed by atoms with Crippen molar-refractivity contribution in [1.82, 2.24) is 10.3 Å². The number of para-hydroxylation sites is 1. The maximum Gasteiger partial charge on any atom is 0.339 e. The monoisotopic (exact) mass is 358 g/mol. The molecule has 0 aliphatic rings. The van der Waals surface area contributed by atoms with Gasteiger partial charge in [-0.2, -0.15) is 0 Å². The summed E-state index contributed by atoms with van der Waals surface area (Å²) in [5, 5.41) is 12.8. The molecule has 0 fully saturated rings. The number of aryl methyl sites for hydroxylation is 2. The number of carboxylic acids is 1. The number of fused-ring (bicyclic) bond motifs is 1. The van der Waals surface area contributed by atoms with Gasteiger partial charge in [0.15, 0.2) is 0 Å². The Balaban J connectivity index is 1.45. The van der Waals surface area contributed by atoms with Crippen LogP contribution in [-0.2, 0) is 17.8 Å². The van der Waals surface area contributed by atoms with E-state index in [0.29, 0.717) is 24.4 Å². The fourth-order valence-corrected chi connectivity index (χ4v) is 3.55. The first kappa shape index (κ1) is 17.2. The van der Waals surface area contributed by atoms with Crippen molar-refractivity contribution in [3.05, 3.63) is 52.4 Å². The molecule has 0 unspecified atom stereocenters. The molecule has 1 aromatic carbocycles. The summed E-state index contributed by atoms with van der Waals surface area (Å²) in [5.41, 5.74) is 1.12. The van der Waals surface area contributed by atoms with Gasteiger partial charge in [-0.1, -0.05) is 12.1 Å². The first-order valence-corrected chi connectivity index (χ1v) is 8.78. The highest BCUT2D eigenvalue weighted by Crippen LogP contribution is 2.22. The second-order valence-electron chi connectivity index (χ2n) is 5.69. The maximum atomic E-state index is 11.9. The lowest BCUT2D eigenvalue weighted by atomic mass is 10.2. The molecule has 2 N–H and O–H groups in total. The van der Waals surface area contributed by atoms with E-state index < -0.39 is 5.97 Å². The molecule has 0 saturated carbocycles. The molecule has 130 valence electrons. The molecule has 0 aliphatic heterocycles. The molecule has 0 atom stereocenters. The van der Waals surface area contributed by atoms with Gasteiger partial charge < -0.3 is 14.8 Å². The van der Waals surface area contributed by atoms with E-state index in [2.05, 4.69) is 10.3 Å². The van der Waals surface area contributed by atoms with E-state index in [4.69, 9.17) is 9.52 Å². The van der Waals surface area contributed by atoms with Gasteiger partial charge in [0.05, 0.1) is 21.8 Å². The van der Waals surface area contributed by atoms with Crippen molar-refractivity contribution in [2.45, 2.75) is 32.7 Å². The van der Waals surface area contributed by atoms with E-state index >= 15 is 0 Å². The third-order valence-corrected chi connectivity index (χ3v) is 4.89. The summed E-state index contributed by atoms with van der Waals surface area (Å²) in [7, 11) is 0. The van der Waals surface area contributed by atoms with E-state index in [1.807, 2.05) is 24.3 Å². The Kier molecular flexibility index (Phi) is 5.14. The van der Waals surface area contributed by atoms with Crippen LogP contribution in [0.25, 0.3) is 10.2 Å². The van der Waals surface area contributed by atoms with Gasteiger partial charge in [-0.3, -0.25) is 4.79 Å². The maximum absolute atomic E-state index is 11.9. The van der Waals surface area contributed by atoms with E-state index in [-0.39, 0.29) is 18.0 Å². The average molecular weight is 358 g/mol. The molecule has 7 heteroatoms. The molecule has 0 aliphatic carbocycles. The van der Waals surface area contributed by atoms with Crippen LogP contribution in [0, 0.1) is 6.92 Å². The number of aromatic nitrogens is 1. The Bertz CT molecular complexity index is 880. The summed E-state index contributed by atoms with van der Waals surface area (Å²) >= 11 is 1.65. The molecule has 0 saturated heterocycles. The van der Waals surface area contributed by atoms with Gasteiger partial charge in [0, 0.05) is 6.42 Å². The van der Waals surface area contributed by atoms with Gasteiger partial charge in [0.1, 0.15) is 17.1 Å². The van der Waals surface area contributed by atoms with Gasteiger partial charge >= 0.3 is 5.97 Å². The minimum absolute atomic E-state index is 0.0907. The lowest BCUT2D eigenvalue weighted by Gasteiger charge is -2.02. The van der Waals surface area contributed by atoms with Crippen LogP contribution in [0.1, 0.15) is 39.7 Å². The van der Waals surface area contributed by atoms with Gasteiger partial charge in [-0.15, -0.1) is 11.3 Å². The molecule has 2 heterocycles. The van der Waals surface area contributed by atoms with Crippen LogP contribution < -0.4 is 5.32 Å². The second kappa shape index (κ2) is 7.48. The molecular formula is C18H18N2O4S. The lowest BCUT2D eigenvalue weighted by Crippen LogP contribution is -2.22. The number of furan rings is 1. The second-order valence-corrected chi connectivity index (χ2v) is 6.81. The molecule has 2 aromatic heterocycles. The Morgan fingerprint density at radius 3 is 2.84 bits per heavy atom. The molecule has 6 nitrogen and oxygen atoms in total. The molecular weight excluding hydrogens is 340 g/mol. The van der Waals surface area contributed by atoms with Crippen molar-refractivity contribution in [2.24, 2.45) is 0 Å². The molecule has 25 heavy (non-hydrogen) atoms. The molecule has 3 aromatic rings. The van der Waals surface area contributed by atoms with E-state index in [9.17, 15) is 9.59 Å². The number of carbonyl (C=O) groups is 2. The number of carboxylic acid groups (broad SMARTS) is 1. The van der Waals surface area contributed by atoms with Gasteiger partial charge in [0.25, 0.3) is 0 Å². The number of hydrogen-bond donors (Lipinski definition) is 2. The largest absolute Gasteiger partial charge is 0.478 e.